The molecule has 0 saturated heterocycles. The summed E-state index contributed by atoms with van der Waals surface area (Å²) in [7, 11) is -2.32. The first-order valence-corrected chi connectivity index (χ1v) is 9.43. The third-order valence-corrected chi connectivity index (χ3v) is 5.09. The molecule has 8 heteroatoms. The second-order valence-electron chi connectivity index (χ2n) is 5.06. The Labute approximate surface area is 150 Å². The molecule has 0 heterocycles. The van der Waals surface area contributed by atoms with Crippen LogP contribution in [0, 0.1) is 0 Å². The van der Waals surface area contributed by atoms with Crippen molar-refractivity contribution in [1.29, 1.82) is 0 Å². The van der Waals surface area contributed by atoms with Crippen LogP contribution in [0.4, 0.5) is 0 Å². The molecule has 0 radical (unpaired) electrons. The summed E-state index contributed by atoms with van der Waals surface area (Å²) in [5.74, 6) is -0.189. The minimum absolute atomic E-state index is 0.147. The van der Waals surface area contributed by atoms with Crippen LogP contribution in [-0.2, 0) is 16.6 Å². The van der Waals surface area contributed by atoms with E-state index in [1.165, 1.54) is 25.3 Å². The predicted octanol–water partition coefficient (Wildman–Crippen LogP) is 3.60. The Kier molecular flexibility index (Phi) is 5.74. The zero-order valence-electron chi connectivity index (χ0n) is 13.0. The van der Waals surface area contributed by atoms with Crippen LogP contribution in [0.5, 0.6) is 5.75 Å². The molecule has 0 bridgehead atoms. The fraction of sp³-hybridized carbons (Fsp3) is 0.188. The van der Waals surface area contributed by atoms with Gasteiger partial charge in [-0.25, -0.2) is 12.7 Å². The van der Waals surface area contributed by atoms with E-state index in [9.17, 15) is 13.2 Å². The number of sulfonamides is 1. The molecule has 2 aromatic rings. The summed E-state index contributed by atoms with van der Waals surface area (Å²) in [6, 6.07) is 11.0. The van der Waals surface area contributed by atoms with E-state index in [2.05, 4.69) is 0 Å². The topological polar surface area (TPSA) is 63.7 Å². The Morgan fingerprint density at radius 1 is 1.12 bits per heavy atom. The lowest BCUT2D eigenvalue weighted by Gasteiger charge is -2.21. The number of methoxy groups -OCH3 is 1. The molecular formula is C16H15Cl2NO4S. The van der Waals surface area contributed by atoms with Crippen molar-refractivity contribution in [2.24, 2.45) is 0 Å². The molecule has 0 aromatic heterocycles. The molecule has 0 N–H and O–H groups in total. The normalized spacial score (nSPS) is 11.2. The smallest absolute Gasteiger partial charge is 0.267 e. The first kappa shape index (κ1) is 18.6. The van der Waals surface area contributed by atoms with Gasteiger partial charge in [0.25, 0.3) is 5.91 Å². The van der Waals surface area contributed by atoms with Crippen LogP contribution in [0.15, 0.2) is 42.5 Å². The number of ether oxygens (including phenoxy) is 1. The maximum atomic E-state index is 12.6. The van der Waals surface area contributed by atoms with Gasteiger partial charge in [-0.2, -0.15) is 0 Å². The van der Waals surface area contributed by atoms with E-state index < -0.39 is 15.9 Å². The Morgan fingerprint density at radius 3 is 2.42 bits per heavy atom. The largest absolute Gasteiger partial charge is 0.497 e. The van der Waals surface area contributed by atoms with E-state index >= 15 is 0 Å². The Hall–Kier alpha value is -1.76. The third kappa shape index (κ3) is 4.41. The predicted molar refractivity (Wildman–Crippen MR) is 94.2 cm³/mol. The molecule has 1 amide bonds. The van der Waals surface area contributed by atoms with Crippen molar-refractivity contribution in [2.45, 2.75) is 6.54 Å². The average Bonchev–Trinajstić information content (AvgIpc) is 2.54. The molecule has 5 nitrogen and oxygen atoms in total. The van der Waals surface area contributed by atoms with Gasteiger partial charge in [-0.1, -0.05) is 35.3 Å². The second kappa shape index (κ2) is 7.42. The lowest BCUT2D eigenvalue weighted by Crippen LogP contribution is -2.35. The quantitative estimate of drug-likeness (QED) is 0.785. The van der Waals surface area contributed by atoms with Crippen LogP contribution in [0.25, 0.3) is 0 Å². The van der Waals surface area contributed by atoms with Crippen molar-refractivity contribution in [3.8, 4) is 5.75 Å². The fourth-order valence-electron chi connectivity index (χ4n) is 2.04. The van der Waals surface area contributed by atoms with Gasteiger partial charge in [0.05, 0.1) is 30.0 Å². The zero-order chi connectivity index (χ0) is 17.9. The number of hydrogen-bond donors (Lipinski definition) is 0. The number of amides is 1. The number of carbonyl (C=O) groups excluding carboxylic acids is 1. The van der Waals surface area contributed by atoms with Gasteiger partial charge in [0.2, 0.25) is 10.0 Å². The average molecular weight is 388 g/mol. The summed E-state index contributed by atoms with van der Waals surface area (Å²) in [6.07, 6.45) is 0.975. The molecular weight excluding hydrogens is 373 g/mol. The van der Waals surface area contributed by atoms with Gasteiger partial charge in [-0.3, -0.25) is 4.79 Å². The molecule has 0 aliphatic carbocycles. The highest BCUT2D eigenvalue weighted by molar-refractivity contribution is 7.88. The molecule has 0 fully saturated rings. The Morgan fingerprint density at radius 2 is 1.83 bits per heavy atom. The fourth-order valence-corrected chi connectivity index (χ4v) is 3.15. The van der Waals surface area contributed by atoms with Gasteiger partial charge >= 0.3 is 0 Å². The molecule has 0 unspecified atom stereocenters. The van der Waals surface area contributed by atoms with Crippen LogP contribution in [0.3, 0.4) is 0 Å². The van der Waals surface area contributed by atoms with E-state index in [-0.39, 0.29) is 17.1 Å². The van der Waals surface area contributed by atoms with Crippen molar-refractivity contribution in [3.63, 3.8) is 0 Å². The molecule has 128 valence electrons. The monoisotopic (exact) mass is 387 g/mol. The van der Waals surface area contributed by atoms with Crippen molar-refractivity contribution in [1.82, 2.24) is 4.31 Å². The number of halogens is 2. The van der Waals surface area contributed by atoms with Gasteiger partial charge in [0, 0.05) is 5.56 Å². The maximum Gasteiger partial charge on any atom is 0.267 e. The molecule has 0 aliphatic heterocycles. The second-order valence-corrected chi connectivity index (χ2v) is 7.78. The number of rotatable bonds is 5. The van der Waals surface area contributed by atoms with Crippen LogP contribution < -0.4 is 4.74 Å². The van der Waals surface area contributed by atoms with Crippen molar-refractivity contribution < 1.29 is 17.9 Å². The lowest BCUT2D eigenvalue weighted by molar-refractivity contribution is 0.0855. The SMILES string of the molecule is COc1cccc(C(=O)N(Cc2ccc(Cl)c(Cl)c2)S(C)(=O)=O)c1. The Balaban J connectivity index is 2.38. The third-order valence-electron chi connectivity index (χ3n) is 3.25. The van der Waals surface area contributed by atoms with Crippen molar-refractivity contribution in [3.05, 3.63) is 63.6 Å². The first-order chi connectivity index (χ1) is 11.2. The molecule has 0 aliphatic rings. The van der Waals surface area contributed by atoms with E-state index in [4.69, 9.17) is 27.9 Å². The van der Waals surface area contributed by atoms with E-state index in [0.29, 0.717) is 16.3 Å². The summed E-state index contributed by atoms with van der Waals surface area (Å²) in [4.78, 5) is 12.6. The van der Waals surface area contributed by atoms with Crippen LogP contribution in [0.2, 0.25) is 10.0 Å². The van der Waals surface area contributed by atoms with Gasteiger partial charge in [-0.15, -0.1) is 0 Å². The zero-order valence-corrected chi connectivity index (χ0v) is 15.3. The van der Waals surface area contributed by atoms with Crippen LogP contribution >= 0.6 is 23.2 Å². The summed E-state index contributed by atoms with van der Waals surface area (Å²) in [5.41, 5.74) is 0.755. The van der Waals surface area contributed by atoms with Crippen LogP contribution in [0.1, 0.15) is 15.9 Å². The van der Waals surface area contributed by atoms with E-state index in [1.54, 1.807) is 24.3 Å². The molecule has 2 aromatic carbocycles. The van der Waals surface area contributed by atoms with E-state index in [1.807, 2.05) is 0 Å². The summed E-state index contributed by atoms with van der Waals surface area (Å²) >= 11 is 11.8. The minimum Gasteiger partial charge on any atom is -0.497 e. The summed E-state index contributed by atoms with van der Waals surface area (Å²) in [5, 5.41) is 0.641. The molecule has 0 spiro atoms. The van der Waals surface area contributed by atoms with Crippen molar-refractivity contribution in [2.75, 3.05) is 13.4 Å². The minimum atomic E-state index is -3.79. The highest BCUT2D eigenvalue weighted by atomic mass is 35.5. The Bertz CT molecular complexity index is 868. The lowest BCUT2D eigenvalue weighted by atomic mass is 10.2. The van der Waals surface area contributed by atoms with Crippen LogP contribution in [-0.4, -0.2) is 32.0 Å². The molecule has 2 rings (SSSR count). The molecule has 0 saturated carbocycles. The highest BCUT2D eigenvalue weighted by Gasteiger charge is 2.25. The number of benzene rings is 2. The first-order valence-electron chi connectivity index (χ1n) is 6.82. The number of hydrogen-bond acceptors (Lipinski definition) is 4. The highest BCUT2D eigenvalue weighted by Crippen LogP contribution is 2.24. The van der Waals surface area contributed by atoms with Gasteiger partial charge in [0.1, 0.15) is 5.75 Å². The van der Waals surface area contributed by atoms with Gasteiger partial charge < -0.3 is 4.74 Å². The van der Waals surface area contributed by atoms with E-state index in [0.717, 1.165) is 10.6 Å². The maximum absolute atomic E-state index is 12.6. The van der Waals surface area contributed by atoms with Gasteiger partial charge in [0.15, 0.2) is 0 Å². The number of nitrogens with zero attached hydrogens (tertiary/aromatic N) is 1. The van der Waals surface area contributed by atoms with Gasteiger partial charge in [-0.05, 0) is 35.9 Å². The summed E-state index contributed by atoms with van der Waals surface area (Å²) in [6.45, 7) is -0.147. The molecule has 24 heavy (non-hydrogen) atoms. The number of carbonyl (C=O) groups is 1. The van der Waals surface area contributed by atoms with Crippen molar-refractivity contribution >= 4 is 39.1 Å². The summed E-state index contributed by atoms with van der Waals surface area (Å²) < 4.78 is 30.0. The standard InChI is InChI=1S/C16H15Cl2NO4S/c1-23-13-5-3-4-12(9-13)16(20)19(24(2,21)22)10-11-6-7-14(17)15(18)8-11/h3-9H,10H2,1-2H3. The molecule has 0 atom stereocenters.